The van der Waals surface area contributed by atoms with Gasteiger partial charge in [-0.2, -0.15) is 5.26 Å². The van der Waals surface area contributed by atoms with Gasteiger partial charge in [0.05, 0.1) is 16.2 Å². The van der Waals surface area contributed by atoms with E-state index in [1.807, 2.05) is 36.4 Å². The summed E-state index contributed by atoms with van der Waals surface area (Å²) in [7, 11) is 0. The number of hydrogen-bond donors (Lipinski definition) is 4. The minimum absolute atomic E-state index is 0.00934. The summed E-state index contributed by atoms with van der Waals surface area (Å²) < 4.78 is 0. The van der Waals surface area contributed by atoms with E-state index in [0.29, 0.717) is 43.2 Å². The number of carbonyl (C=O) groups excluding carboxylic acids is 4. The molecule has 51 heavy (non-hydrogen) atoms. The lowest BCUT2D eigenvalue weighted by Crippen LogP contribution is -2.30. The molecular weight excluding hydrogens is 679 g/mol. The molecule has 4 aromatic carbocycles. The molecule has 9 nitrogen and oxygen atoms in total. The van der Waals surface area contributed by atoms with Crippen LogP contribution in [0, 0.1) is 18.3 Å². The highest BCUT2D eigenvalue weighted by Crippen LogP contribution is 2.33. The molecule has 4 N–H and O–H groups in total. The van der Waals surface area contributed by atoms with Gasteiger partial charge >= 0.3 is 0 Å². The van der Waals surface area contributed by atoms with Gasteiger partial charge in [-0.1, -0.05) is 80.6 Å². The Morgan fingerprint density at radius 2 is 1.47 bits per heavy atom. The van der Waals surface area contributed by atoms with Crippen LogP contribution in [0.1, 0.15) is 62.0 Å². The molecule has 5 rings (SSSR count). The van der Waals surface area contributed by atoms with Crippen molar-refractivity contribution in [2.75, 3.05) is 21.7 Å². The third-order valence-electron chi connectivity index (χ3n) is 7.65. The standard InChI is InChI=1S/C40H35N5O4S2/c1-25(2)28-19-17-27(18-20-28)21-34(44-37(47)29-11-6-4-7-12-29)38(48)43-31-15-10-16-32(22-31)50-24-35(46)45-40-33(23-41)26(3)36(51-40)39(49)42-30-13-8-5-9-14-30/h4-22,25H,24H2,1-3H3,(H,42,49)(H,43,48)(H,44,47)(H,45,46)/b34-21+. The summed E-state index contributed by atoms with van der Waals surface area (Å²) in [6.45, 7) is 5.88. The van der Waals surface area contributed by atoms with Gasteiger partial charge in [0.25, 0.3) is 17.7 Å². The number of thiophene rings is 1. The number of nitriles is 1. The molecule has 0 unspecified atom stereocenters. The highest BCUT2D eigenvalue weighted by atomic mass is 32.2. The molecule has 0 saturated heterocycles. The zero-order valence-electron chi connectivity index (χ0n) is 28.2. The molecule has 5 aromatic rings. The van der Waals surface area contributed by atoms with Gasteiger partial charge in [0.15, 0.2) is 0 Å². The van der Waals surface area contributed by atoms with Gasteiger partial charge in [-0.25, -0.2) is 0 Å². The first-order chi connectivity index (χ1) is 24.6. The summed E-state index contributed by atoms with van der Waals surface area (Å²) in [6, 6.07) is 34.5. The Labute approximate surface area is 304 Å². The van der Waals surface area contributed by atoms with Crippen LogP contribution in [0.5, 0.6) is 0 Å². The average Bonchev–Trinajstić information content (AvgIpc) is 3.45. The highest BCUT2D eigenvalue weighted by molar-refractivity contribution is 8.00. The van der Waals surface area contributed by atoms with E-state index in [4.69, 9.17) is 0 Å². The van der Waals surface area contributed by atoms with Crippen LogP contribution in [-0.2, 0) is 9.59 Å². The van der Waals surface area contributed by atoms with Crippen LogP contribution in [0.3, 0.4) is 0 Å². The van der Waals surface area contributed by atoms with E-state index in [1.165, 1.54) is 11.8 Å². The number of rotatable bonds is 12. The first kappa shape index (κ1) is 36.3. The van der Waals surface area contributed by atoms with Crippen LogP contribution in [-0.4, -0.2) is 29.4 Å². The maximum absolute atomic E-state index is 13.6. The molecule has 0 aliphatic heterocycles. The van der Waals surface area contributed by atoms with Crippen molar-refractivity contribution in [2.45, 2.75) is 31.6 Å². The van der Waals surface area contributed by atoms with Crippen LogP contribution >= 0.6 is 23.1 Å². The lowest BCUT2D eigenvalue weighted by Gasteiger charge is -2.13. The molecule has 0 bridgehead atoms. The quantitative estimate of drug-likeness (QED) is 0.0756. The highest BCUT2D eigenvalue weighted by Gasteiger charge is 2.22. The average molecular weight is 714 g/mol. The van der Waals surface area contributed by atoms with E-state index in [2.05, 4.69) is 41.2 Å². The summed E-state index contributed by atoms with van der Waals surface area (Å²) in [5, 5.41) is 21.3. The Hall–Kier alpha value is -5.96. The number of benzene rings is 4. The monoisotopic (exact) mass is 713 g/mol. The summed E-state index contributed by atoms with van der Waals surface area (Å²) in [5.74, 6) is -1.31. The molecule has 0 radical (unpaired) electrons. The number of carbonyl (C=O) groups is 4. The van der Waals surface area contributed by atoms with Gasteiger partial charge in [-0.15, -0.1) is 23.1 Å². The molecule has 4 amide bonds. The number of thioether (sulfide) groups is 1. The van der Waals surface area contributed by atoms with E-state index in [1.54, 1.807) is 85.8 Å². The number of nitrogens with one attached hydrogen (secondary N) is 4. The maximum Gasteiger partial charge on any atom is 0.272 e. The van der Waals surface area contributed by atoms with Crippen molar-refractivity contribution < 1.29 is 19.2 Å². The fourth-order valence-corrected chi connectivity index (χ4v) is 6.75. The van der Waals surface area contributed by atoms with Gasteiger partial charge in [-0.3, -0.25) is 19.2 Å². The van der Waals surface area contributed by atoms with Crippen LogP contribution in [0.4, 0.5) is 16.4 Å². The summed E-state index contributed by atoms with van der Waals surface area (Å²) in [5.41, 5.74) is 4.19. The minimum atomic E-state index is -0.517. The van der Waals surface area contributed by atoms with Gasteiger partial charge in [0.1, 0.15) is 16.8 Å². The number of hydrogen-bond acceptors (Lipinski definition) is 7. The molecule has 0 fully saturated rings. The van der Waals surface area contributed by atoms with Crippen LogP contribution < -0.4 is 21.3 Å². The molecule has 0 aliphatic rings. The van der Waals surface area contributed by atoms with E-state index in [-0.39, 0.29) is 28.8 Å². The first-order valence-electron chi connectivity index (χ1n) is 16.0. The zero-order chi connectivity index (χ0) is 36.3. The second-order valence-corrected chi connectivity index (χ2v) is 13.8. The summed E-state index contributed by atoms with van der Waals surface area (Å²) >= 11 is 2.29. The minimum Gasteiger partial charge on any atom is -0.321 e. The molecule has 0 spiro atoms. The SMILES string of the molecule is Cc1c(C(=O)Nc2ccccc2)sc(NC(=O)CSc2cccc(NC(=O)/C(=C\c3ccc(C(C)C)cc3)NC(=O)c3ccccc3)c2)c1C#N. The van der Waals surface area contributed by atoms with Crippen molar-refractivity contribution in [2.24, 2.45) is 0 Å². The molecular formula is C40H35N5O4S2. The third-order valence-corrected chi connectivity index (χ3v) is 9.85. The van der Waals surface area contributed by atoms with E-state index < -0.39 is 11.8 Å². The summed E-state index contributed by atoms with van der Waals surface area (Å²) in [4.78, 5) is 53.6. The Balaban J connectivity index is 1.25. The smallest absolute Gasteiger partial charge is 0.272 e. The fraction of sp³-hybridized carbons (Fsp3) is 0.125. The maximum atomic E-state index is 13.6. The number of anilines is 3. The molecule has 11 heteroatoms. The predicted octanol–water partition coefficient (Wildman–Crippen LogP) is 8.44. The molecule has 0 saturated carbocycles. The molecule has 1 heterocycles. The van der Waals surface area contributed by atoms with Crippen LogP contribution in [0.15, 0.2) is 120 Å². The topological polar surface area (TPSA) is 140 Å². The van der Waals surface area contributed by atoms with Gasteiger partial charge in [0.2, 0.25) is 5.91 Å². The normalized spacial score (nSPS) is 11.0. The number of amides is 4. The lowest BCUT2D eigenvalue weighted by molar-refractivity contribution is -0.114. The van der Waals surface area contributed by atoms with E-state index in [0.717, 1.165) is 22.5 Å². The Kier molecular flexibility index (Phi) is 12.2. The molecule has 256 valence electrons. The van der Waals surface area contributed by atoms with Gasteiger partial charge in [-0.05, 0) is 78.1 Å². The van der Waals surface area contributed by atoms with Crippen molar-refractivity contribution >= 4 is 69.2 Å². The molecule has 1 aromatic heterocycles. The van der Waals surface area contributed by atoms with E-state index in [9.17, 15) is 24.4 Å². The predicted molar refractivity (Wildman–Crippen MR) is 205 cm³/mol. The third kappa shape index (κ3) is 9.82. The fourth-order valence-electron chi connectivity index (χ4n) is 4.92. The van der Waals surface area contributed by atoms with Crippen molar-refractivity contribution in [1.82, 2.24) is 5.32 Å². The Morgan fingerprint density at radius 1 is 0.804 bits per heavy atom. The largest absolute Gasteiger partial charge is 0.321 e. The van der Waals surface area contributed by atoms with Crippen LogP contribution in [0.2, 0.25) is 0 Å². The van der Waals surface area contributed by atoms with Crippen molar-refractivity contribution in [3.05, 3.63) is 148 Å². The molecule has 0 atom stereocenters. The van der Waals surface area contributed by atoms with Crippen LogP contribution in [0.25, 0.3) is 6.08 Å². The Morgan fingerprint density at radius 3 is 2.14 bits per heavy atom. The number of para-hydroxylation sites is 1. The van der Waals surface area contributed by atoms with Crippen molar-refractivity contribution in [1.29, 1.82) is 5.26 Å². The van der Waals surface area contributed by atoms with Gasteiger partial charge in [0, 0.05) is 21.8 Å². The first-order valence-corrected chi connectivity index (χ1v) is 17.8. The van der Waals surface area contributed by atoms with E-state index >= 15 is 0 Å². The second-order valence-electron chi connectivity index (χ2n) is 11.7. The number of nitrogens with zero attached hydrogens (tertiary/aromatic N) is 1. The van der Waals surface area contributed by atoms with Crippen molar-refractivity contribution in [3.8, 4) is 6.07 Å². The Bertz CT molecular complexity index is 2120. The second kappa shape index (κ2) is 17.1. The summed E-state index contributed by atoms with van der Waals surface area (Å²) in [6.07, 6.45) is 1.63. The van der Waals surface area contributed by atoms with Gasteiger partial charge < -0.3 is 21.3 Å². The lowest BCUT2D eigenvalue weighted by atomic mass is 10.0. The zero-order valence-corrected chi connectivity index (χ0v) is 29.8. The van der Waals surface area contributed by atoms with Crippen molar-refractivity contribution in [3.63, 3.8) is 0 Å². The molecule has 0 aliphatic carbocycles.